The lowest BCUT2D eigenvalue weighted by Crippen LogP contribution is -3.11. The van der Waals surface area contributed by atoms with Gasteiger partial charge in [-0.15, -0.1) is 0 Å². The molecule has 27 heavy (non-hydrogen) atoms. The molecule has 0 aliphatic rings. The monoisotopic (exact) mass is 383 g/mol. The van der Waals surface area contributed by atoms with Gasteiger partial charge in [-0.2, -0.15) is 0 Å². The van der Waals surface area contributed by atoms with Crippen LogP contribution in [0, 0.1) is 0 Å². The molecule has 1 rings (SSSR count). The summed E-state index contributed by atoms with van der Waals surface area (Å²) in [5.41, 5.74) is 4.51. The number of carbonyl (C=O) groups excluding carboxylic acids is 2. The molecule has 156 valence electrons. The number of carbonyl (C=O) groups is 2. The SMILES string of the molecule is CC[NH+](CC)CC.CC[NH+](CC)CC.Nc1ccc(C(=O)[O-])c(C(=O)[O-])c1. The first-order chi connectivity index (χ1) is 12.7. The van der Waals surface area contributed by atoms with E-state index in [1.54, 1.807) is 9.80 Å². The third-order valence-corrected chi connectivity index (χ3v) is 4.48. The molecule has 0 heterocycles. The van der Waals surface area contributed by atoms with Crippen molar-refractivity contribution in [3.8, 4) is 0 Å². The summed E-state index contributed by atoms with van der Waals surface area (Å²) >= 11 is 0. The lowest BCUT2D eigenvalue weighted by Gasteiger charge is -2.11. The zero-order valence-corrected chi connectivity index (χ0v) is 17.7. The van der Waals surface area contributed by atoms with Crippen molar-refractivity contribution < 1.29 is 29.6 Å². The minimum atomic E-state index is -1.59. The van der Waals surface area contributed by atoms with Gasteiger partial charge in [-0.1, -0.05) is 6.07 Å². The fourth-order valence-corrected chi connectivity index (χ4v) is 2.41. The number of hydrogen-bond donors (Lipinski definition) is 3. The highest BCUT2D eigenvalue weighted by atomic mass is 16.4. The highest BCUT2D eigenvalue weighted by Crippen LogP contribution is 2.11. The van der Waals surface area contributed by atoms with Crippen molar-refractivity contribution in [1.29, 1.82) is 0 Å². The van der Waals surface area contributed by atoms with E-state index in [-0.39, 0.29) is 5.69 Å². The molecule has 0 radical (unpaired) electrons. The molecule has 0 aromatic heterocycles. The first-order valence-electron chi connectivity index (χ1n) is 9.71. The molecule has 0 bridgehead atoms. The third-order valence-electron chi connectivity index (χ3n) is 4.48. The molecule has 1 aromatic rings. The van der Waals surface area contributed by atoms with E-state index in [2.05, 4.69) is 41.5 Å². The summed E-state index contributed by atoms with van der Waals surface area (Å²) in [4.78, 5) is 24.2. The summed E-state index contributed by atoms with van der Waals surface area (Å²) in [5, 5.41) is 20.8. The molecule has 0 saturated carbocycles. The third kappa shape index (κ3) is 12.0. The number of anilines is 1. The fourth-order valence-electron chi connectivity index (χ4n) is 2.41. The van der Waals surface area contributed by atoms with E-state index in [1.165, 1.54) is 45.3 Å². The lowest BCUT2D eigenvalue weighted by atomic mass is 10.1. The molecule has 0 atom stereocenters. The Morgan fingerprint density at radius 1 is 0.741 bits per heavy atom. The minimum Gasteiger partial charge on any atom is -0.545 e. The van der Waals surface area contributed by atoms with E-state index in [1.807, 2.05) is 0 Å². The Morgan fingerprint density at radius 3 is 1.30 bits per heavy atom. The van der Waals surface area contributed by atoms with E-state index >= 15 is 0 Å². The molecular formula is C20H37N3O4. The second-order valence-electron chi connectivity index (χ2n) is 6.00. The van der Waals surface area contributed by atoms with Crippen molar-refractivity contribution in [3.05, 3.63) is 29.3 Å². The highest BCUT2D eigenvalue weighted by molar-refractivity contribution is 6.00. The number of carboxylic acids is 2. The van der Waals surface area contributed by atoms with Crippen molar-refractivity contribution in [1.82, 2.24) is 0 Å². The van der Waals surface area contributed by atoms with E-state index in [9.17, 15) is 19.8 Å². The smallest absolute Gasteiger partial charge is 0.0742 e. The number of aromatic carboxylic acids is 2. The molecule has 0 aliphatic heterocycles. The lowest BCUT2D eigenvalue weighted by molar-refractivity contribution is -0.894. The molecule has 0 aliphatic carbocycles. The molecule has 0 saturated heterocycles. The van der Waals surface area contributed by atoms with Crippen LogP contribution in [0.3, 0.4) is 0 Å². The van der Waals surface area contributed by atoms with Gasteiger partial charge in [0.15, 0.2) is 0 Å². The predicted molar refractivity (Wildman–Crippen MR) is 105 cm³/mol. The number of quaternary nitrogens is 2. The average molecular weight is 384 g/mol. The van der Waals surface area contributed by atoms with Crippen LogP contribution in [0.5, 0.6) is 0 Å². The van der Waals surface area contributed by atoms with Crippen molar-refractivity contribution >= 4 is 17.6 Å². The number of nitrogens with two attached hydrogens (primary N) is 1. The minimum absolute atomic E-state index is 0.157. The van der Waals surface area contributed by atoms with Gasteiger partial charge in [0, 0.05) is 16.8 Å². The summed E-state index contributed by atoms with van der Waals surface area (Å²) in [6.07, 6.45) is 0. The van der Waals surface area contributed by atoms with Gasteiger partial charge in [-0.25, -0.2) is 0 Å². The Kier molecular flexibility index (Phi) is 16.1. The molecule has 4 N–H and O–H groups in total. The second kappa shape index (κ2) is 16.1. The molecule has 7 heteroatoms. The van der Waals surface area contributed by atoms with Crippen LogP contribution >= 0.6 is 0 Å². The fraction of sp³-hybridized carbons (Fsp3) is 0.600. The van der Waals surface area contributed by atoms with Crippen LogP contribution in [0.15, 0.2) is 18.2 Å². The normalized spacial score (nSPS) is 9.93. The summed E-state index contributed by atoms with van der Waals surface area (Å²) in [6, 6.07) is 3.35. The van der Waals surface area contributed by atoms with Gasteiger partial charge >= 0.3 is 0 Å². The number of benzene rings is 1. The molecule has 7 nitrogen and oxygen atoms in total. The van der Waals surface area contributed by atoms with E-state index in [0.29, 0.717) is 0 Å². The van der Waals surface area contributed by atoms with E-state index in [4.69, 9.17) is 5.73 Å². The quantitative estimate of drug-likeness (QED) is 0.443. The van der Waals surface area contributed by atoms with Gasteiger partial charge in [0.25, 0.3) is 0 Å². The van der Waals surface area contributed by atoms with Crippen LogP contribution in [-0.4, -0.2) is 51.2 Å². The van der Waals surface area contributed by atoms with Crippen LogP contribution in [-0.2, 0) is 0 Å². The van der Waals surface area contributed by atoms with Crippen molar-refractivity contribution in [2.45, 2.75) is 41.5 Å². The van der Waals surface area contributed by atoms with Crippen LogP contribution in [0.2, 0.25) is 0 Å². The largest absolute Gasteiger partial charge is 0.545 e. The topological polar surface area (TPSA) is 115 Å². The molecule has 0 amide bonds. The maximum Gasteiger partial charge on any atom is 0.0742 e. The summed E-state index contributed by atoms with van der Waals surface area (Å²) < 4.78 is 0. The standard InChI is InChI=1S/C8H7NO4.2C6H15N/c9-4-1-2-5(7(10)11)6(3-4)8(12)13;2*1-4-7(5-2)6-3/h1-3H,9H2,(H,10,11)(H,12,13);2*4-6H2,1-3H3. The zero-order valence-electron chi connectivity index (χ0n) is 17.7. The van der Waals surface area contributed by atoms with Gasteiger partial charge < -0.3 is 35.3 Å². The Balaban J connectivity index is 0. The number of hydrogen-bond acceptors (Lipinski definition) is 5. The molecule has 0 spiro atoms. The molecule has 1 aromatic carbocycles. The Morgan fingerprint density at radius 2 is 1.07 bits per heavy atom. The number of nitrogen functional groups attached to an aromatic ring is 1. The Bertz CT molecular complexity index is 519. The number of rotatable bonds is 8. The molecule has 0 fully saturated rings. The Hall–Kier alpha value is -2.12. The first kappa shape index (κ1) is 27.1. The molecular weight excluding hydrogens is 346 g/mol. The van der Waals surface area contributed by atoms with Crippen molar-refractivity contribution in [3.63, 3.8) is 0 Å². The summed E-state index contributed by atoms with van der Waals surface area (Å²) in [6.45, 7) is 21.0. The predicted octanol–water partition coefficient (Wildman–Crippen LogP) is -2.14. The maximum absolute atomic E-state index is 10.4. The van der Waals surface area contributed by atoms with Gasteiger partial charge in [0.2, 0.25) is 0 Å². The van der Waals surface area contributed by atoms with E-state index in [0.717, 1.165) is 12.1 Å². The van der Waals surface area contributed by atoms with E-state index < -0.39 is 23.1 Å². The van der Waals surface area contributed by atoms with Crippen LogP contribution in [0.25, 0.3) is 0 Å². The van der Waals surface area contributed by atoms with Gasteiger partial charge in [0.05, 0.1) is 51.2 Å². The van der Waals surface area contributed by atoms with Crippen LogP contribution in [0.4, 0.5) is 5.69 Å². The number of carboxylic acid groups (broad SMARTS) is 2. The van der Waals surface area contributed by atoms with Crippen molar-refractivity contribution in [2.75, 3.05) is 45.0 Å². The molecule has 0 unspecified atom stereocenters. The van der Waals surface area contributed by atoms with Gasteiger partial charge in [-0.05, 0) is 53.7 Å². The Labute approximate surface area is 163 Å². The zero-order chi connectivity index (χ0) is 21.4. The second-order valence-corrected chi connectivity index (χ2v) is 6.00. The van der Waals surface area contributed by atoms with Crippen LogP contribution in [0.1, 0.15) is 62.3 Å². The van der Waals surface area contributed by atoms with Gasteiger partial charge in [0.1, 0.15) is 0 Å². The summed E-state index contributed by atoms with van der Waals surface area (Å²) in [7, 11) is 0. The highest BCUT2D eigenvalue weighted by Gasteiger charge is 2.04. The number of nitrogens with one attached hydrogen (secondary N) is 2. The van der Waals surface area contributed by atoms with Gasteiger partial charge in [-0.3, -0.25) is 0 Å². The van der Waals surface area contributed by atoms with Crippen LogP contribution < -0.4 is 25.7 Å². The average Bonchev–Trinajstić information content (AvgIpc) is 2.65. The maximum atomic E-state index is 10.4. The summed E-state index contributed by atoms with van der Waals surface area (Å²) in [5.74, 6) is -3.16. The van der Waals surface area contributed by atoms with Crippen molar-refractivity contribution in [2.24, 2.45) is 0 Å². The first-order valence-corrected chi connectivity index (χ1v) is 9.71.